The van der Waals surface area contributed by atoms with E-state index in [2.05, 4.69) is 15.3 Å². The highest BCUT2D eigenvalue weighted by Crippen LogP contribution is 2.33. The predicted octanol–water partition coefficient (Wildman–Crippen LogP) is 2.78. The molecule has 2 aromatic heterocycles. The van der Waals surface area contributed by atoms with Gasteiger partial charge in [0.1, 0.15) is 11.5 Å². The molecule has 1 atom stereocenters. The van der Waals surface area contributed by atoms with Crippen LogP contribution in [0.4, 0.5) is 10.6 Å². The zero-order chi connectivity index (χ0) is 25.1. The van der Waals surface area contributed by atoms with E-state index < -0.39 is 18.0 Å². The molecule has 0 unspecified atom stereocenters. The van der Waals surface area contributed by atoms with Crippen LogP contribution < -0.4 is 16.9 Å². The molecule has 182 valence electrons. The lowest BCUT2D eigenvalue weighted by Crippen LogP contribution is -2.39. The zero-order valence-corrected chi connectivity index (χ0v) is 19.3. The highest BCUT2D eigenvalue weighted by atomic mass is 16.4. The van der Waals surface area contributed by atoms with E-state index in [0.717, 1.165) is 29.5 Å². The number of hydrogen-bond acceptors (Lipinski definition) is 6. The van der Waals surface area contributed by atoms with E-state index in [1.807, 2.05) is 19.1 Å². The molecular weight excluding hydrogens is 450 g/mol. The molecule has 3 aromatic rings. The number of piperidine rings is 1. The van der Waals surface area contributed by atoms with Crippen LogP contribution in [0.25, 0.3) is 11.3 Å². The fourth-order valence-corrected chi connectivity index (χ4v) is 4.28. The molecule has 0 bridgehead atoms. The van der Waals surface area contributed by atoms with Gasteiger partial charge in [0.25, 0.3) is 11.8 Å². The normalized spacial score (nSPS) is 15.6. The minimum absolute atomic E-state index is 0.0336. The van der Waals surface area contributed by atoms with E-state index in [1.165, 1.54) is 4.90 Å². The largest absolute Gasteiger partial charge is 0.465 e. The number of rotatable bonds is 6. The number of carbonyl (C=O) groups is 3. The van der Waals surface area contributed by atoms with Gasteiger partial charge < -0.3 is 22.0 Å². The first-order valence-corrected chi connectivity index (χ1v) is 11.3. The molecule has 4 rings (SSSR count). The Morgan fingerprint density at radius 3 is 2.57 bits per heavy atom. The van der Waals surface area contributed by atoms with Crippen molar-refractivity contribution in [2.24, 2.45) is 5.73 Å². The Hall–Kier alpha value is -4.41. The number of likely N-dealkylation sites (tertiary alicyclic amines) is 1. The van der Waals surface area contributed by atoms with E-state index in [9.17, 15) is 19.5 Å². The number of carboxylic acid groups (broad SMARTS) is 1. The summed E-state index contributed by atoms with van der Waals surface area (Å²) in [7, 11) is 0. The first-order valence-electron chi connectivity index (χ1n) is 11.3. The van der Waals surface area contributed by atoms with Gasteiger partial charge in [0.05, 0.1) is 6.04 Å². The average Bonchev–Trinajstić information content (AvgIpc) is 3.21. The van der Waals surface area contributed by atoms with Crippen LogP contribution >= 0.6 is 0 Å². The summed E-state index contributed by atoms with van der Waals surface area (Å²) in [5.74, 6) is 5.77. The van der Waals surface area contributed by atoms with Crippen molar-refractivity contribution >= 4 is 23.7 Å². The summed E-state index contributed by atoms with van der Waals surface area (Å²) in [5, 5.41) is 12.4. The summed E-state index contributed by atoms with van der Waals surface area (Å²) in [5.41, 5.74) is 7.75. The first-order chi connectivity index (χ1) is 16.8. The van der Waals surface area contributed by atoms with Gasteiger partial charge in [-0.3, -0.25) is 14.5 Å². The number of primary amides is 1. The molecule has 0 radical (unpaired) electrons. The minimum atomic E-state index is -1.07. The third-order valence-corrected chi connectivity index (χ3v) is 6.11. The number of benzene rings is 1. The van der Waals surface area contributed by atoms with Crippen LogP contribution in [0.2, 0.25) is 0 Å². The van der Waals surface area contributed by atoms with Crippen LogP contribution in [0.5, 0.6) is 0 Å². The number of carbonyl (C=O) groups excluding carboxylic acids is 2. The highest BCUT2D eigenvalue weighted by Gasteiger charge is 2.34. The summed E-state index contributed by atoms with van der Waals surface area (Å²) in [4.78, 5) is 46.6. The van der Waals surface area contributed by atoms with Gasteiger partial charge in [-0.1, -0.05) is 19.1 Å². The molecule has 1 aromatic carbocycles. The fraction of sp³-hybridized carbons (Fsp3) is 0.292. The van der Waals surface area contributed by atoms with Gasteiger partial charge in [-0.25, -0.2) is 19.4 Å². The number of hydrogen-bond donors (Lipinski definition) is 4. The molecule has 11 heteroatoms. The molecule has 3 heterocycles. The van der Waals surface area contributed by atoms with Gasteiger partial charge in [-0.15, -0.1) is 0 Å². The van der Waals surface area contributed by atoms with Crippen molar-refractivity contribution in [1.29, 1.82) is 0 Å². The number of aryl methyl sites for hydroxylation is 1. The van der Waals surface area contributed by atoms with Crippen LogP contribution in [-0.2, 0) is 6.42 Å². The maximum Gasteiger partial charge on any atom is 0.407 e. The quantitative estimate of drug-likeness (QED) is 0.396. The van der Waals surface area contributed by atoms with E-state index in [0.29, 0.717) is 29.9 Å². The van der Waals surface area contributed by atoms with E-state index in [4.69, 9.17) is 11.6 Å². The number of anilines is 1. The van der Waals surface area contributed by atoms with Gasteiger partial charge in [-0.2, -0.15) is 0 Å². The summed E-state index contributed by atoms with van der Waals surface area (Å²) in [6, 6.07) is 9.57. The Morgan fingerprint density at radius 1 is 1.17 bits per heavy atom. The summed E-state index contributed by atoms with van der Waals surface area (Å²) >= 11 is 0. The summed E-state index contributed by atoms with van der Waals surface area (Å²) < 4.78 is 1.08. The van der Waals surface area contributed by atoms with Crippen LogP contribution in [-0.4, -0.2) is 49.1 Å². The third kappa shape index (κ3) is 4.79. The van der Waals surface area contributed by atoms with E-state index in [1.54, 1.807) is 30.5 Å². The summed E-state index contributed by atoms with van der Waals surface area (Å²) in [6.45, 7) is 2.37. The number of aromatic nitrogens is 3. The Bertz CT molecular complexity index is 1270. The smallest absolute Gasteiger partial charge is 0.407 e. The first kappa shape index (κ1) is 23.7. The number of nitrogens with one attached hydrogen (secondary N) is 1. The fourth-order valence-electron chi connectivity index (χ4n) is 4.28. The second-order valence-corrected chi connectivity index (χ2v) is 8.32. The van der Waals surface area contributed by atoms with Crippen molar-refractivity contribution in [1.82, 2.24) is 19.5 Å². The standard InChI is InChI=1S/C24H27N7O4/c1-2-14-10-11-27-18(13-14)28-23(33)16-8-6-15(7-9-16)19-20(21(25)32)31(26)22(29-19)17-5-3-4-12-30(17)24(34)35/h6-11,13,17H,2-5,12,26H2,1H3,(H2,25,32)(H,34,35)(H,27,28,33)/t17-/m0/s1. The molecular formula is C24H27N7O4. The zero-order valence-electron chi connectivity index (χ0n) is 19.3. The second kappa shape index (κ2) is 9.84. The van der Waals surface area contributed by atoms with Gasteiger partial charge in [0.15, 0.2) is 11.5 Å². The lowest BCUT2D eigenvalue weighted by molar-refractivity contribution is 0.0986. The van der Waals surface area contributed by atoms with Crippen LogP contribution in [0.15, 0.2) is 42.6 Å². The van der Waals surface area contributed by atoms with Crippen molar-refractivity contribution in [3.05, 3.63) is 65.2 Å². The Balaban J connectivity index is 1.63. The number of nitrogens with zero attached hydrogens (tertiary/aromatic N) is 4. The highest BCUT2D eigenvalue weighted by molar-refractivity contribution is 6.04. The predicted molar refractivity (Wildman–Crippen MR) is 129 cm³/mol. The maximum atomic E-state index is 12.7. The number of nitrogen functional groups attached to an aromatic ring is 1. The Labute approximate surface area is 201 Å². The van der Waals surface area contributed by atoms with Crippen LogP contribution in [0, 0.1) is 0 Å². The molecule has 11 nitrogen and oxygen atoms in total. The van der Waals surface area contributed by atoms with Gasteiger partial charge in [-0.05, 0) is 55.5 Å². The number of imidazole rings is 1. The molecule has 0 saturated carbocycles. The van der Waals surface area contributed by atoms with E-state index in [-0.39, 0.29) is 23.1 Å². The topological polar surface area (TPSA) is 169 Å². The molecule has 1 aliphatic heterocycles. The number of pyridine rings is 1. The molecule has 0 aliphatic carbocycles. The van der Waals surface area contributed by atoms with Crippen molar-refractivity contribution in [2.45, 2.75) is 38.6 Å². The number of amides is 3. The lowest BCUT2D eigenvalue weighted by Gasteiger charge is -2.32. The minimum Gasteiger partial charge on any atom is -0.465 e. The molecule has 1 aliphatic rings. The van der Waals surface area contributed by atoms with Crippen LogP contribution in [0.1, 0.15) is 64.5 Å². The molecule has 1 fully saturated rings. The van der Waals surface area contributed by atoms with E-state index >= 15 is 0 Å². The second-order valence-electron chi connectivity index (χ2n) is 8.32. The molecule has 35 heavy (non-hydrogen) atoms. The SMILES string of the molecule is CCc1ccnc(NC(=O)c2ccc(-c3nc([C@@H]4CCCCN4C(=O)O)n(N)c3C(N)=O)cc2)c1. The maximum absolute atomic E-state index is 12.7. The molecule has 6 N–H and O–H groups in total. The Morgan fingerprint density at radius 2 is 1.91 bits per heavy atom. The van der Waals surface area contributed by atoms with Gasteiger partial charge >= 0.3 is 6.09 Å². The third-order valence-electron chi connectivity index (χ3n) is 6.11. The van der Waals surface area contributed by atoms with Gasteiger partial charge in [0, 0.05) is 23.9 Å². The average molecular weight is 478 g/mol. The molecule has 3 amide bonds. The monoisotopic (exact) mass is 477 g/mol. The Kier molecular flexibility index (Phi) is 6.67. The molecule has 1 saturated heterocycles. The summed E-state index contributed by atoms with van der Waals surface area (Å²) in [6.07, 6.45) is 3.47. The van der Waals surface area contributed by atoms with Crippen LogP contribution in [0.3, 0.4) is 0 Å². The van der Waals surface area contributed by atoms with Crippen molar-refractivity contribution in [3.63, 3.8) is 0 Å². The van der Waals surface area contributed by atoms with Crippen molar-refractivity contribution < 1.29 is 19.5 Å². The molecule has 0 spiro atoms. The van der Waals surface area contributed by atoms with Crippen molar-refractivity contribution in [2.75, 3.05) is 17.7 Å². The van der Waals surface area contributed by atoms with Crippen molar-refractivity contribution in [3.8, 4) is 11.3 Å². The van der Waals surface area contributed by atoms with Gasteiger partial charge in [0.2, 0.25) is 0 Å². The lowest BCUT2D eigenvalue weighted by atomic mass is 10.0. The number of nitrogens with two attached hydrogens (primary N) is 2.